The molecule has 2 amide bonds. The van der Waals surface area contributed by atoms with Gasteiger partial charge in [0.05, 0.1) is 11.6 Å². The van der Waals surface area contributed by atoms with E-state index in [1.165, 1.54) is 11.8 Å². The van der Waals surface area contributed by atoms with Crippen molar-refractivity contribution in [2.75, 3.05) is 18.0 Å². The van der Waals surface area contributed by atoms with Crippen molar-refractivity contribution in [2.24, 2.45) is 0 Å². The summed E-state index contributed by atoms with van der Waals surface area (Å²) >= 11 is 0. The van der Waals surface area contributed by atoms with E-state index in [1.54, 1.807) is 30.3 Å². The Morgan fingerprint density at radius 1 is 1.50 bits per heavy atom. The number of benzene rings is 1. The van der Waals surface area contributed by atoms with E-state index in [4.69, 9.17) is 5.26 Å². The molecule has 0 aliphatic rings. The summed E-state index contributed by atoms with van der Waals surface area (Å²) in [4.78, 5) is 24.7. The molecule has 1 aromatic rings. The highest BCUT2D eigenvalue weighted by atomic mass is 16.2. The summed E-state index contributed by atoms with van der Waals surface area (Å²) in [6, 6.07) is 8.77. The number of carbonyl (C=O) groups is 2. The molecule has 0 bridgehead atoms. The van der Waals surface area contributed by atoms with Crippen molar-refractivity contribution in [1.29, 1.82) is 5.26 Å². The van der Waals surface area contributed by atoms with E-state index >= 15 is 0 Å². The minimum atomic E-state index is -0.170. The Balaban J connectivity index is 2.74. The number of nitrogens with one attached hydrogen (secondary N) is 1. The minimum Gasteiger partial charge on any atom is -0.353 e. The van der Waals surface area contributed by atoms with Gasteiger partial charge in [0.15, 0.2) is 0 Å². The molecule has 0 atom stereocenters. The van der Waals surface area contributed by atoms with Crippen molar-refractivity contribution in [1.82, 2.24) is 5.32 Å². The zero-order chi connectivity index (χ0) is 15.0. The molecule has 1 rings (SSSR count). The van der Waals surface area contributed by atoms with Crippen LogP contribution in [0.3, 0.4) is 0 Å². The molecule has 20 heavy (non-hydrogen) atoms. The molecule has 5 heteroatoms. The van der Waals surface area contributed by atoms with Gasteiger partial charge in [0.2, 0.25) is 11.8 Å². The summed E-state index contributed by atoms with van der Waals surface area (Å²) in [7, 11) is 0. The van der Waals surface area contributed by atoms with Gasteiger partial charge in [-0.2, -0.15) is 5.26 Å². The average molecular weight is 271 g/mol. The molecule has 1 aromatic carbocycles. The monoisotopic (exact) mass is 271 g/mol. The third-order valence-electron chi connectivity index (χ3n) is 2.67. The summed E-state index contributed by atoms with van der Waals surface area (Å²) in [5.74, 6) is -0.316. The molecular weight excluding hydrogens is 254 g/mol. The number of nitrogens with zero attached hydrogens (tertiary/aromatic N) is 2. The van der Waals surface area contributed by atoms with E-state index in [0.717, 1.165) is 0 Å². The molecular formula is C15H17N3O2. The fraction of sp³-hybridized carbons (Fsp3) is 0.267. The van der Waals surface area contributed by atoms with Gasteiger partial charge < -0.3 is 10.2 Å². The zero-order valence-electron chi connectivity index (χ0n) is 11.4. The van der Waals surface area contributed by atoms with Crippen LogP contribution < -0.4 is 10.2 Å². The van der Waals surface area contributed by atoms with Crippen molar-refractivity contribution >= 4 is 17.5 Å². The van der Waals surface area contributed by atoms with E-state index in [9.17, 15) is 9.59 Å². The maximum atomic E-state index is 11.7. The molecule has 0 unspecified atom stereocenters. The Morgan fingerprint density at radius 2 is 2.25 bits per heavy atom. The smallest absolute Gasteiger partial charge is 0.223 e. The average Bonchev–Trinajstić information content (AvgIpc) is 2.45. The van der Waals surface area contributed by atoms with Crippen LogP contribution in [0.2, 0.25) is 0 Å². The van der Waals surface area contributed by atoms with Gasteiger partial charge in [0.25, 0.3) is 0 Å². The van der Waals surface area contributed by atoms with Crippen LogP contribution >= 0.6 is 0 Å². The Morgan fingerprint density at radius 3 is 2.85 bits per heavy atom. The first-order valence-corrected chi connectivity index (χ1v) is 6.24. The first-order valence-electron chi connectivity index (χ1n) is 6.24. The Labute approximate surface area is 118 Å². The van der Waals surface area contributed by atoms with Crippen LogP contribution in [-0.4, -0.2) is 24.9 Å². The fourth-order valence-corrected chi connectivity index (χ4v) is 1.70. The molecule has 0 fully saturated rings. The van der Waals surface area contributed by atoms with Gasteiger partial charge in [-0.3, -0.25) is 9.59 Å². The largest absolute Gasteiger partial charge is 0.353 e. The third-order valence-corrected chi connectivity index (χ3v) is 2.67. The van der Waals surface area contributed by atoms with Gasteiger partial charge in [0.1, 0.15) is 0 Å². The Hall–Kier alpha value is -2.61. The molecule has 0 aromatic heterocycles. The van der Waals surface area contributed by atoms with Gasteiger partial charge >= 0.3 is 0 Å². The quantitative estimate of drug-likeness (QED) is 0.799. The van der Waals surface area contributed by atoms with E-state index in [0.29, 0.717) is 17.8 Å². The molecule has 0 saturated carbocycles. The van der Waals surface area contributed by atoms with Crippen LogP contribution in [0.1, 0.15) is 18.9 Å². The molecule has 1 N–H and O–H groups in total. The van der Waals surface area contributed by atoms with Gasteiger partial charge in [-0.05, 0) is 18.2 Å². The maximum absolute atomic E-state index is 11.7. The maximum Gasteiger partial charge on any atom is 0.223 e. The zero-order valence-corrected chi connectivity index (χ0v) is 11.4. The number of amides is 2. The number of carbonyl (C=O) groups excluding carboxylic acids is 2. The van der Waals surface area contributed by atoms with Gasteiger partial charge in [-0.25, -0.2) is 0 Å². The van der Waals surface area contributed by atoms with Crippen molar-refractivity contribution in [3.63, 3.8) is 0 Å². The van der Waals surface area contributed by atoms with E-state index < -0.39 is 0 Å². The number of hydrogen-bond donors (Lipinski definition) is 1. The van der Waals surface area contributed by atoms with E-state index in [1.807, 2.05) is 6.07 Å². The van der Waals surface area contributed by atoms with Crippen molar-refractivity contribution < 1.29 is 9.59 Å². The number of rotatable bonds is 6. The van der Waals surface area contributed by atoms with Crippen molar-refractivity contribution in [3.8, 4) is 6.07 Å². The van der Waals surface area contributed by atoms with E-state index in [2.05, 4.69) is 11.9 Å². The molecule has 0 heterocycles. The lowest BCUT2D eigenvalue weighted by atomic mass is 10.2. The van der Waals surface area contributed by atoms with Crippen LogP contribution in [0.5, 0.6) is 0 Å². The second-order valence-corrected chi connectivity index (χ2v) is 4.18. The highest BCUT2D eigenvalue weighted by molar-refractivity contribution is 5.92. The van der Waals surface area contributed by atoms with Gasteiger partial charge in [0, 0.05) is 32.1 Å². The van der Waals surface area contributed by atoms with Crippen LogP contribution in [-0.2, 0) is 9.59 Å². The molecule has 0 saturated heterocycles. The fourth-order valence-electron chi connectivity index (χ4n) is 1.70. The van der Waals surface area contributed by atoms with Gasteiger partial charge in [-0.1, -0.05) is 12.1 Å². The van der Waals surface area contributed by atoms with Crippen LogP contribution in [0.4, 0.5) is 5.69 Å². The van der Waals surface area contributed by atoms with Crippen LogP contribution in [0, 0.1) is 11.3 Å². The SMILES string of the molecule is C=CCNC(=O)CCN(C(C)=O)c1cccc(C#N)c1. The summed E-state index contributed by atoms with van der Waals surface area (Å²) in [6.07, 6.45) is 1.79. The third kappa shape index (κ3) is 4.58. The summed E-state index contributed by atoms with van der Waals surface area (Å²) in [5, 5.41) is 11.5. The molecule has 5 nitrogen and oxygen atoms in total. The van der Waals surface area contributed by atoms with E-state index in [-0.39, 0.29) is 24.8 Å². The molecule has 0 spiro atoms. The molecule has 0 radical (unpaired) electrons. The lowest BCUT2D eigenvalue weighted by Gasteiger charge is -2.21. The standard InChI is InChI=1S/C15H17N3O2/c1-3-8-17-15(20)7-9-18(12(2)19)14-6-4-5-13(10-14)11-16/h3-6,10H,1,7-9H2,2H3,(H,17,20). The topological polar surface area (TPSA) is 73.2 Å². The number of nitriles is 1. The second-order valence-electron chi connectivity index (χ2n) is 4.18. The predicted molar refractivity (Wildman–Crippen MR) is 77.0 cm³/mol. The first kappa shape index (κ1) is 15.4. The minimum absolute atomic E-state index is 0.146. The normalized spacial score (nSPS) is 9.40. The highest BCUT2D eigenvalue weighted by Gasteiger charge is 2.13. The predicted octanol–water partition coefficient (Wildman–Crippen LogP) is 1.60. The van der Waals surface area contributed by atoms with Crippen molar-refractivity contribution in [2.45, 2.75) is 13.3 Å². The summed E-state index contributed by atoms with van der Waals surface area (Å²) < 4.78 is 0. The second kappa shape index (κ2) is 7.74. The van der Waals surface area contributed by atoms with Gasteiger partial charge in [-0.15, -0.1) is 6.58 Å². The molecule has 0 aliphatic carbocycles. The molecule has 104 valence electrons. The van der Waals surface area contributed by atoms with Crippen LogP contribution in [0.15, 0.2) is 36.9 Å². The number of hydrogen-bond acceptors (Lipinski definition) is 3. The lowest BCUT2D eigenvalue weighted by Crippen LogP contribution is -2.33. The highest BCUT2D eigenvalue weighted by Crippen LogP contribution is 2.16. The Bertz CT molecular complexity index is 546. The summed E-state index contributed by atoms with van der Waals surface area (Å²) in [6.45, 7) is 5.62. The Kier molecular flexibility index (Phi) is 5.98. The first-order chi connectivity index (χ1) is 9.58. The molecule has 0 aliphatic heterocycles. The van der Waals surface area contributed by atoms with Crippen LogP contribution in [0.25, 0.3) is 0 Å². The number of anilines is 1. The van der Waals surface area contributed by atoms with Crippen molar-refractivity contribution in [3.05, 3.63) is 42.5 Å². The summed E-state index contributed by atoms with van der Waals surface area (Å²) in [5.41, 5.74) is 1.10. The lowest BCUT2D eigenvalue weighted by molar-refractivity contribution is -0.120.